The highest BCUT2D eigenvalue weighted by Crippen LogP contribution is 2.21. The maximum Gasteiger partial charge on any atom is 0.326 e. The largest absolute Gasteiger partial charge is 0.480 e. The van der Waals surface area contributed by atoms with Crippen LogP contribution in [0.2, 0.25) is 0 Å². The molecule has 0 saturated carbocycles. The Hall–Kier alpha value is -1.85. The number of aromatic nitrogens is 2. The predicted molar refractivity (Wildman–Crippen MR) is 87.2 cm³/mol. The van der Waals surface area contributed by atoms with Gasteiger partial charge in [0.1, 0.15) is 6.04 Å². The minimum absolute atomic E-state index is 0.0645. The first-order chi connectivity index (χ1) is 10.8. The maximum absolute atomic E-state index is 12.4. The first-order valence-electron chi connectivity index (χ1n) is 8.36. The van der Waals surface area contributed by atoms with E-state index in [1.54, 1.807) is 0 Å². The Morgan fingerprint density at radius 3 is 2.65 bits per heavy atom. The van der Waals surface area contributed by atoms with E-state index in [2.05, 4.69) is 18.9 Å². The number of likely N-dealkylation sites (tertiary alicyclic amines) is 1. The van der Waals surface area contributed by atoms with E-state index < -0.39 is 12.0 Å². The molecule has 6 heteroatoms. The smallest absolute Gasteiger partial charge is 0.326 e. The summed E-state index contributed by atoms with van der Waals surface area (Å²) >= 11 is 0. The second-order valence-electron chi connectivity index (χ2n) is 6.81. The summed E-state index contributed by atoms with van der Waals surface area (Å²) in [5, 5.41) is 13.8. The molecule has 1 amide bonds. The van der Waals surface area contributed by atoms with Crippen LogP contribution >= 0.6 is 0 Å². The van der Waals surface area contributed by atoms with Gasteiger partial charge in [0.05, 0.1) is 5.69 Å². The van der Waals surface area contributed by atoms with Gasteiger partial charge < -0.3 is 10.0 Å². The highest BCUT2D eigenvalue weighted by molar-refractivity contribution is 5.84. The monoisotopic (exact) mass is 321 g/mol. The molecule has 0 aromatic carbocycles. The molecular formula is C17H27N3O3. The van der Waals surface area contributed by atoms with E-state index in [1.807, 2.05) is 18.5 Å². The lowest BCUT2D eigenvalue weighted by Crippen LogP contribution is -2.40. The summed E-state index contributed by atoms with van der Waals surface area (Å²) in [6.45, 7) is 9.74. The summed E-state index contributed by atoms with van der Waals surface area (Å²) in [5.74, 6) is -0.443. The van der Waals surface area contributed by atoms with E-state index in [1.165, 1.54) is 4.90 Å². The summed E-state index contributed by atoms with van der Waals surface area (Å²) in [6.07, 6.45) is 2.30. The van der Waals surface area contributed by atoms with Crippen LogP contribution in [0.5, 0.6) is 0 Å². The number of nitrogens with zero attached hydrogens (tertiary/aromatic N) is 3. The standard InChI is InChI=1S/C17H27N3O3/c1-11(2)10-20-13(4)14(12(3)18-20)7-8-16(21)19-9-5-6-15(19)17(22)23/h11,15H,5-10H2,1-4H3,(H,22,23)/t15-/m0/s1. The van der Waals surface area contributed by atoms with Gasteiger partial charge in [0.25, 0.3) is 0 Å². The molecule has 2 rings (SSSR count). The number of carboxylic acid groups (broad SMARTS) is 1. The molecular weight excluding hydrogens is 294 g/mol. The Bertz CT molecular complexity index is 592. The van der Waals surface area contributed by atoms with Crippen LogP contribution in [0.3, 0.4) is 0 Å². The van der Waals surface area contributed by atoms with Crippen LogP contribution in [-0.4, -0.2) is 44.3 Å². The summed E-state index contributed by atoms with van der Waals surface area (Å²) in [4.78, 5) is 25.1. The normalized spacial score (nSPS) is 18.0. The Balaban J connectivity index is 2.02. The van der Waals surface area contributed by atoms with Crippen molar-refractivity contribution in [2.24, 2.45) is 5.92 Å². The van der Waals surface area contributed by atoms with Gasteiger partial charge in [-0.15, -0.1) is 0 Å². The van der Waals surface area contributed by atoms with E-state index in [0.29, 0.717) is 31.7 Å². The first kappa shape index (κ1) is 17.5. The second kappa shape index (κ2) is 7.15. The van der Waals surface area contributed by atoms with Crippen molar-refractivity contribution in [3.8, 4) is 0 Å². The van der Waals surface area contributed by atoms with Crippen molar-refractivity contribution >= 4 is 11.9 Å². The van der Waals surface area contributed by atoms with Crippen molar-refractivity contribution in [2.45, 2.75) is 66.0 Å². The van der Waals surface area contributed by atoms with Crippen molar-refractivity contribution in [3.63, 3.8) is 0 Å². The van der Waals surface area contributed by atoms with Gasteiger partial charge in [-0.2, -0.15) is 5.10 Å². The average molecular weight is 321 g/mol. The summed E-state index contributed by atoms with van der Waals surface area (Å²) in [7, 11) is 0. The summed E-state index contributed by atoms with van der Waals surface area (Å²) in [6, 6.07) is -0.645. The summed E-state index contributed by atoms with van der Waals surface area (Å²) in [5.41, 5.74) is 3.19. The number of aliphatic carboxylic acids is 1. The van der Waals surface area contributed by atoms with Gasteiger partial charge in [-0.1, -0.05) is 13.8 Å². The third-order valence-corrected chi connectivity index (χ3v) is 4.52. The third-order valence-electron chi connectivity index (χ3n) is 4.52. The predicted octanol–water partition coefficient (Wildman–Crippen LogP) is 2.16. The van der Waals surface area contributed by atoms with Crippen LogP contribution in [-0.2, 0) is 22.6 Å². The molecule has 0 spiro atoms. The Morgan fingerprint density at radius 2 is 2.04 bits per heavy atom. The van der Waals surface area contributed by atoms with Crippen LogP contribution in [0, 0.1) is 19.8 Å². The fourth-order valence-corrected chi connectivity index (χ4v) is 3.32. The zero-order valence-electron chi connectivity index (χ0n) is 14.5. The molecule has 0 unspecified atom stereocenters. The van der Waals surface area contributed by atoms with Crippen molar-refractivity contribution in [2.75, 3.05) is 6.54 Å². The lowest BCUT2D eigenvalue weighted by molar-refractivity contribution is -0.148. The van der Waals surface area contributed by atoms with E-state index in [4.69, 9.17) is 0 Å². The molecule has 1 saturated heterocycles. The van der Waals surface area contributed by atoms with Crippen molar-refractivity contribution in [1.29, 1.82) is 0 Å². The molecule has 128 valence electrons. The van der Waals surface area contributed by atoms with Crippen LogP contribution in [0.15, 0.2) is 0 Å². The van der Waals surface area contributed by atoms with Crippen LogP contribution in [0.4, 0.5) is 0 Å². The quantitative estimate of drug-likeness (QED) is 0.871. The van der Waals surface area contributed by atoms with E-state index >= 15 is 0 Å². The second-order valence-corrected chi connectivity index (χ2v) is 6.81. The molecule has 23 heavy (non-hydrogen) atoms. The number of rotatable bonds is 6. The van der Waals surface area contributed by atoms with Gasteiger partial charge in [-0.3, -0.25) is 9.48 Å². The Morgan fingerprint density at radius 1 is 1.35 bits per heavy atom. The highest BCUT2D eigenvalue weighted by atomic mass is 16.4. The number of hydrogen-bond donors (Lipinski definition) is 1. The molecule has 6 nitrogen and oxygen atoms in total. The minimum atomic E-state index is -0.895. The number of carbonyl (C=O) groups is 2. The van der Waals surface area contributed by atoms with Gasteiger partial charge in [-0.05, 0) is 44.6 Å². The topological polar surface area (TPSA) is 75.4 Å². The molecule has 0 aliphatic carbocycles. The van der Waals surface area contributed by atoms with Gasteiger partial charge in [0.2, 0.25) is 5.91 Å². The van der Waals surface area contributed by atoms with Crippen molar-refractivity contribution in [1.82, 2.24) is 14.7 Å². The Labute approximate surface area is 137 Å². The molecule has 1 aliphatic heterocycles. The first-order valence-corrected chi connectivity index (χ1v) is 8.36. The van der Waals surface area contributed by atoms with Gasteiger partial charge in [0, 0.05) is 25.2 Å². The molecule has 1 N–H and O–H groups in total. The molecule has 1 aromatic rings. The van der Waals surface area contributed by atoms with E-state index in [9.17, 15) is 14.7 Å². The van der Waals surface area contributed by atoms with Gasteiger partial charge in [-0.25, -0.2) is 4.79 Å². The van der Waals surface area contributed by atoms with Crippen LogP contribution in [0.1, 0.15) is 50.1 Å². The lowest BCUT2D eigenvalue weighted by Gasteiger charge is -2.21. The summed E-state index contributed by atoms with van der Waals surface area (Å²) < 4.78 is 2.01. The molecule has 0 radical (unpaired) electrons. The molecule has 2 heterocycles. The third kappa shape index (κ3) is 3.92. The number of hydrogen-bond acceptors (Lipinski definition) is 3. The number of amides is 1. The minimum Gasteiger partial charge on any atom is -0.480 e. The van der Waals surface area contributed by atoms with E-state index in [-0.39, 0.29) is 5.91 Å². The van der Waals surface area contributed by atoms with Crippen molar-refractivity contribution in [3.05, 3.63) is 17.0 Å². The fourth-order valence-electron chi connectivity index (χ4n) is 3.32. The number of aryl methyl sites for hydroxylation is 1. The number of carbonyl (C=O) groups excluding carboxylic acids is 1. The highest BCUT2D eigenvalue weighted by Gasteiger charge is 2.33. The average Bonchev–Trinajstić information content (AvgIpc) is 3.03. The molecule has 0 bridgehead atoms. The van der Waals surface area contributed by atoms with Crippen LogP contribution < -0.4 is 0 Å². The SMILES string of the molecule is Cc1nn(CC(C)C)c(C)c1CCC(=O)N1CCC[C@H]1C(=O)O. The molecule has 1 aliphatic rings. The number of carboxylic acids is 1. The van der Waals surface area contributed by atoms with Gasteiger partial charge >= 0.3 is 5.97 Å². The molecule has 1 fully saturated rings. The fraction of sp³-hybridized carbons (Fsp3) is 0.706. The maximum atomic E-state index is 12.4. The lowest BCUT2D eigenvalue weighted by atomic mass is 10.1. The molecule has 1 atom stereocenters. The van der Waals surface area contributed by atoms with Crippen LogP contribution in [0.25, 0.3) is 0 Å². The van der Waals surface area contributed by atoms with Crippen molar-refractivity contribution < 1.29 is 14.7 Å². The Kier molecular flexibility index (Phi) is 5.44. The van der Waals surface area contributed by atoms with Gasteiger partial charge in [0.15, 0.2) is 0 Å². The zero-order valence-corrected chi connectivity index (χ0v) is 14.5. The van der Waals surface area contributed by atoms with E-state index in [0.717, 1.165) is 29.9 Å². The zero-order chi connectivity index (χ0) is 17.1. The molecule has 1 aromatic heterocycles.